The third kappa shape index (κ3) is 6.81. The maximum atomic E-state index is 12.6. The second-order valence-electron chi connectivity index (χ2n) is 8.84. The number of hydrogen-bond donors (Lipinski definition) is 2. The fourth-order valence-corrected chi connectivity index (χ4v) is 3.84. The number of likely N-dealkylation sites (N-methyl/N-ethyl adjacent to an activating group) is 1. The third-order valence-corrected chi connectivity index (χ3v) is 5.75. The highest BCUT2D eigenvalue weighted by Crippen LogP contribution is 2.27. The first-order valence-electron chi connectivity index (χ1n) is 12.1. The Hall–Kier alpha value is -4.09. The molecule has 0 atom stereocenters. The molecule has 0 bridgehead atoms. The van der Waals surface area contributed by atoms with Crippen LogP contribution in [0.1, 0.15) is 15.9 Å². The van der Waals surface area contributed by atoms with Crippen LogP contribution in [0.15, 0.2) is 61.1 Å². The average Bonchev–Trinajstić information content (AvgIpc) is 3.31. The molecule has 2 aromatic heterocycles. The second-order valence-corrected chi connectivity index (χ2v) is 8.84. The predicted octanol–water partition coefficient (Wildman–Crippen LogP) is 4.36. The molecule has 0 saturated carbocycles. The zero-order valence-electron chi connectivity index (χ0n) is 21.4. The molecule has 200 valence electrons. The molecule has 0 saturated heterocycles. The number of hydrogen-bond acceptors (Lipinski definition) is 7. The van der Waals surface area contributed by atoms with Crippen molar-refractivity contribution in [1.29, 1.82) is 0 Å². The highest BCUT2D eigenvalue weighted by atomic mass is 19.3. The van der Waals surface area contributed by atoms with Crippen molar-refractivity contribution in [2.45, 2.75) is 13.5 Å². The lowest BCUT2D eigenvalue weighted by Crippen LogP contribution is -2.28. The Labute approximate surface area is 219 Å². The van der Waals surface area contributed by atoms with E-state index in [-0.39, 0.29) is 11.7 Å². The number of fused-ring (bicyclic) bond motifs is 1. The van der Waals surface area contributed by atoms with Crippen LogP contribution in [0.3, 0.4) is 0 Å². The van der Waals surface area contributed by atoms with E-state index < -0.39 is 6.61 Å². The molecular weight excluding hydrogens is 494 g/mol. The fraction of sp³-hybridized carbons (Fsp3) is 0.296. The zero-order chi connectivity index (χ0) is 27.1. The summed E-state index contributed by atoms with van der Waals surface area (Å²) < 4.78 is 36.7. The van der Waals surface area contributed by atoms with Gasteiger partial charge in [0.05, 0.1) is 25.1 Å². The number of alkyl halides is 2. The number of nitrogens with one attached hydrogen (secondary N) is 2. The lowest BCUT2D eigenvalue weighted by atomic mass is 10.1. The van der Waals surface area contributed by atoms with Gasteiger partial charge in [0, 0.05) is 42.3 Å². The molecule has 1 amide bonds. The Balaban J connectivity index is 1.42. The number of carbonyl (C=O) groups is 1. The van der Waals surface area contributed by atoms with E-state index in [1.807, 2.05) is 42.5 Å². The summed E-state index contributed by atoms with van der Waals surface area (Å²) in [5.41, 5.74) is 4.28. The van der Waals surface area contributed by atoms with E-state index in [1.165, 1.54) is 12.1 Å². The molecule has 4 rings (SSSR count). The number of anilines is 2. The maximum Gasteiger partial charge on any atom is 0.387 e. The molecule has 2 aromatic carbocycles. The quantitative estimate of drug-likeness (QED) is 0.266. The first-order chi connectivity index (χ1) is 18.3. The number of aryl methyl sites for hydroxylation is 1. The van der Waals surface area contributed by atoms with Gasteiger partial charge in [0.2, 0.25) is 0 Å². The van der Waals surface area contributed by atoms with E-state index in [4.69, 9.17) is 4.74 Å². The van der Waals surface area contributed by atoms with Crippen molar-refractivity contribution in [3.63, 3.8) is 0 Å². The van der Waals surface area contributed by atoms with Gasteiger partial charge in [-0.15, -0.1) is 0 Å². The van der Waals surface area contributed by atoms with E-state index >= 15 is 0 Å². The monoisotopic (exact) mass is 524 g/mol. The normalized spacial score (nSPS) is 11.3. The van der Waals surface area contributed by atoms with Gasteiger partial charge in [-0.05, 0) is 69.0 Å². The lowest BCUT2D eigenvalue weighted by molar-refractivity contribution is -0.0498. The molecule has 0 aliphatic heterocycles. The van der Waals surface area contributed by atoms with Gasteiger partial charge >= 0.3 is 6.61 Å². The van der Waals surface area contributed by atoms with E-state index in [0.29, 0.717) is 36.8 Å². The number of carbonyl (C=O) groups excluding carboxylic acids is 1. The molecule has 4 aromatic rings. The lowest BCUT2D eigenvalue weighted by Gasteiger charge is -2.12. The molecule has 0 aliphatic rings. The molecule has 0 unspecified atom stereocenters. The predicted molar refractivity (Wildman–Crippen MR) is 141 cm³/mol. The summed E-state index contributed by atoms with van der Waals surface area (Å²) in [6, 6.07) is 11.8. The molecule has 2 N–H and O–H groups in total. The van der Waals surface area contributed by atoms with E-state index in [2.05, 4.69) is 25.3 Å². The topological polar surface area (TPSA) is 93.0 Å². The van der Waals surface area contributed by atoms with E-state index in [9.17, 15) is 13.6 Å². The molecule has 11 heteroatoms. The van der Waals surface area contributed by atoms with Gasteiger partial charge in [-0.2, -0.15) is 8.78 Å². The van der Waals surface area contributed by atoms with Crippen LogP contribution >= 0.6 is 0 Å². The number of imidazole rings is 1. The number of amides is 1. The summed E-state index contributed by atoms with van der Waals surface area (Å²) >= 11 is 0. The van der Waals surface area contributed by atoms with Crippen molar-refractivity contribution in [3.8, 4) is 17.0 Å². The van der Waals surface area contributed by atoms with Crippen molar-refractivity contribution < 1.29 is 23.0 Å². The van der Waals surface area contributed by atoms with E-state index in [0.717, 1.165) is 29.1 Å². The summed E-state index contributed by atoms with van der Waals surface area (Å²) in [5.74, 6) is 0.457. The number of ether oxygens (including phenoxy) is 2. The van der Waals surface area contributed by atoms with Crippen LogP contribution in [0.2, 0.25) is 0 Å². The molecule has 0 spiro atoms. The summed E-state index contributed by atoms with van der Waals surface area (Å²) in [7, 11) is 3.96. The largest absolute Gasteiger partial charge is 0.435 e. The molecule has 38 heavy (non-hydrogen) atoms. The second kappa shape index (κ2) is 12.4. The molecular formula is C27H30F2N6O3. The van der Waals surface area contributed by atoms with E-state index in [1.54, 1.807) is 36.8 Å². The van der Waals surface area contributed by atoms with Gasteiger partial charge in [0.1, 0.15) is 5.75 Å². The van der Waals surface area contributed by atoms with Gasteiger partial charge in [0.25, 0.3) is 5.91 Å². The number of benzene rings is 2. The first-order valence-corrected chi connectivity index (χ1v) is 12.1. The van der Waals surface area contributed by atoms with Crippen LogP contribution < -0.4 is 15.4 Å². The van der Waals surface area contributed by atoms with Gasteiger partial charge < -0.3 is 25.0 Å². The first kappa shape index (κ1) is 27.0. The Morgan fingerprint density at radius 1 is 1.11 bits per heavy atom. The smallest absolute Gasteiger partial charge is 0.387 e. The minimum Gasteiger partial charge on any atom is -0.435 e. The number of halogens is 2. The Kier molecular flexibility index (Phi) is 8.82. The van der Waals surface area contributed by atoms with Gasteiger partial charge in [-0.25, -0.2) is 9.97 Å². The zero-order valence-corrected chi connectivity index (χ0v) is 21.4. The number of rotatable bonds is 12. The number of aromatic nitrogens is 3. The fourth-order valence-electron chi connectivity index (χ4n) is 3.84. The Morgan fingerprint density at radius 2 is 1.89 bits per heavy atom. The standard InChI is InChI=1S/C27H30F2N6O3/c1-18-16-20(6-9-22(18)26(36)31-11-14-37-15-13-34(2)3)33-24-25-32-17-23(35(25)12-10-30-24)19-4-7-21(8-5-19)38-27(28)29/h4-10,12,16-17,27H,11,13-15H2,1-3H3,(H,30,33)(H,31,36). The molecule has 0 radical (unpaired) electrons. The molecule has 2 heterocycles. The SMILES string of the molecule is Cc1cc(Nc2nccn3c(-c4ccc(OC(F)F)cc4)cnc23)ccc1C(=O)NCCOCCN(C)C. The highest BCUT2D eigenvalue weighted by Gasteiger charge is 2.13. The van der Waals surface area contributed by atoms with Crippen molar-refractivity contribution in [2.24, 2.45) is 0 Å². The van der Waals surface area contributed by atoms with Crippen LogP contribution in [0.25, 0.3) is 16.9 Å². The molecule has 0 aliphatic carbocycles. The van der Waals surface area contributed by atoms with Gasteiger partial charge in [0.15, 0.2) is 11.5 Å². The van der Waals surface area contributed by atoms with Crippen molar-refractivity contribution in [3.05, 3.63) is 72.2 Å². The maximum absolute atomic E-state index is 12.6. The van der Waals surface area contributed by atoms with Gasteiger partial charge in [-0.3, -0.25) is 9.20 Å². The molecule has 9 nitrogen and oxygen atoms in total. The van der Waals surface area contributed by atoms with Crippen LogP contribution in [-0.4, -0.2) is 72.2 Å². The van der Waals surface area contributed by atoms with Gasteiger partial charge in [-0.1, -0.05) is 0 Å². The summed E-state index contributed by atoms with van der Waals surface area (Å²) in [6.45, 7) is 1.33. The van der Waals surface area contributed by atoms with Crippen LogP contribution in [-0.2, 0) is 4.74 Å². The van der Waals surface area contributed by atoms with Crippen LogP contribution in [0.4, 0.5) is 20.3 Å². The summed E-state index contributed by atoms with van der Waals surface area (Å²) in [4.78, 5) is 23.6. The van der Waals surface area contributed by atoms with Crippen molar-refractivity contribution in [2.75, 3.05) is 45.7 Å². The van der Waals surface area contributed by atoms with Crippen molar-refractivity contribution in [1.82, 2.24) is 24.6 Å². The minimum absolute atomic E-state index is 0.0856. The third-order valence-electron chi connectivity index (χ3n) is 5.75. The number of nitrogens with zero attached hydrogens (tertiary/aromatic N) is 4. The Bertz CT molecular complexity index is 1380. The minimum atomic E-state index is -2.87. The van der Waals surface area contributed by atoms with Crippen LogP contribution in [0.5, 0.6) is 5.75 Å². The Morgan fingerprint density at radius 3 is 2.61 bits per heavy atom. The van der Waals surface area contributed by atoms with Crippen LogP contribution in [0, 0.1) is 6.92 Å². The average molecular weight is 525 g/mol. The van der Waals surface area contributed by atoms with Crippen molar-refractivity contribution >= 4 is 23.1 Å². The molecule has 0 fully saturated rings. The summed E-state index contributed by atoms with van der Waals surface area (Å²) in [5, 5.41) is 6.15. The summed E-state index contributed by atoms with van der Waals surface area (Å²) in [6.07, 6.45) is 5.10. The highest BCUT2D eigenvalue weighted by molar-refractivity contribution is 5.96.